The van der Waals surface area contributed by atoms with Gasteiger partial charge in [0.25, 0.3) is 0 Å². The van der Waals surface area contributed by atoms with Gasteiger partial charge in [-0.05, 0) is 0 Å². The first kappa shape index (κ1) is 119. The van der Waals surface area contributed by atoms with Crippen LogP contribution in [-0.2, 0) is 147 Å². The molecule has 31 nitrogen and oxygen atoms in total. The molecule has 31 heteroatoms. The van der Waals surface area contributed by atoms with Crippen LogP contribution >= 0.6 is 0 Å². The van der Waals surface area contributed by atoms with Crippen LogP contribution in [0.15, 0.2) is 127 Å². The molecule has 0 atom stereocenters. The summed E-state index contributed by atoms with van der Waals surface area (Å²) in [6.45, 7) is 30.2. The average Bonchev–Trinajstić information content (AvgIpc) is 0.812. The molecule has 0 N–H and O–H groups in total. The lowest BCUT2D eigenvalue weighted by molar-refractivity contribution is -0.266. The molecule has 0 aliphatic carbocycles. The quantitative estimate of drug-likeness (QED) is 0.0244. The summed E-state index contributed by atoms with van der Waals surface area (Å²) >= 11 is 0. The fourth-order valence-electron chi connectivity index (χ4n) is 6.44. The van der Waals surface area contributed by atoms with Crippen molar-refractivity contribution in [3.63, 3.8) is 0 Å². The van der Waals surface area contributed by atoms with Crippen LogP contribution in [-0.4, -0.2) is 269 Å². The van der Waals surface area contributed by atoms with E-state index >= 15 is 0 Å². The molecule has 0 aromatic rings. The first-order valence-electron chi connectivity index (χ1n) is 28.7. The maximum Gasteiger partial charge on any atom is 0.330 e. The molecule has 0 amide bonds. The summed E-state index contributed by atoms with van der Waals surface area (Å²) in [4.78, 5) is 115. The highest BCUT2D eigenvalue weighted by Crippen LogP contribution is 2.27. The van der Waals surface area contributed by atoms with Crippen molar-refractivity contribution in [1.82, 2.24) is 0 Å². The number of carbonyl (C=O) groups excluding carboxylic acids is 10. The Kier molecular flexibility index (Phi) is 91.4. The van der Waals surface area contributed by atoms with E-state index in [1.54, 1.807) is 0 Å². The van der Waals surface area contributed by atoms with E-state index in [1.807, 2.05) is 0 Å². The molecule has 600 valence electrons. The molecule has 0 aromatic heterocycles. The predicted molar refractivity (Wildman–Crippen MR) is 389 cm³/mol. The molecule has 0 spiro atoms. The Morgan fingerprint density at radius 2 is 0.291 bits per heavy atom. The first-order valence-corrected chi connectivity index (χ1v) is 28.7. The summed E-state index contributed by atoms with van der Waals surface area (Å²) in [7, 11) is 0. The monoisotopic (exact) mass is 1490 g/mol. The molecule has 0 radical (unpaired) electrons. The molecule has 0 aliphatic heterocycles. The van der Waals surface area contributed by atoms with E-state index < -0.39 is 76.3 Å². The maximum absolute atomic E-state index is 11.6. The molecule has 0 heterocycles. The SMILES string of the molecule is C.C.C.C.C.C.C.C.C.C=CC(=O)OCCOCC(COCCOC(=O)C=C)(COCCOC(=O)C=C)COCCOC(=O)C=C.C=CC(=O)OCCOCC(COCCOC(=O)C=C)(COCCOC(=O)C=C)OC(COCCOC(=O)C=C)(COCCOC(=O)C=C)COCCOC(=O)C=C. The van der Waals surface area contributed by atoms with Gasteiger partial charge in [-0.2, -0.15) is 0 Å². The number of esters is 10. The third kappa shape index (κ3) is 67.9. The largest absolute Gasteiger partial charge is 0.460 e. The Morgan fingerprint density at radius 3 is 0.398 bits per heavy atom. The molecule has 0 aromatic carbocycles. The van der Waals surface area contributed by atoms with E-state index in [0.29, 0.717) is 0 Å². The highest BCUT2D eigenvalue weighted by atomic mass is 16.7. The van der Waals surface area contributed by atoms with Crippen molar-refractivity contribution < 1.29 is 147 Å². The van der Waals surface area contributed by atoms with Crippen molar-refractivity contribution in [2.45, 2.75) is 78.0 Å². The summed E-state index contributed by atoms with van der Waals surface area (Å²) in [5, 5.41) is 0. The van der Waals surface area contributed by atoms with Crippen LogP contribution in [0.1, 0.15) is 66.8 Å². The molecule has 0 saturated carbocycles. The van der Waals surface area contributed by atoms with Crippen LogP contribution < -0.4 is 0 Å². The van der Waals surface area contributed by atoms with Gasteiger partial charge in [0.2, 0.25) is 0 Å². The molecule has 0 bridgehead atoms. The van der Waals surface area contributed by atoms with E-state index in [9.17, 15) is 47.9 Å². The van der Waals surface area contributed by atoms with Crippen LogP contribution in [0, 0.1) is 5.41 Å². The molecule has 0 unspecified atom stereocenters. The Labute approximate surface area is 613 Å². The first-order chi connectivity index (χ1) is 45.3. The van der Waals surface area contributed by atoms with E-state index in [1.165, 1.54) is 0 Å². The van der Waals surface area contributed by atoms with Crippen molar-refractivity contribution in [2.24, 2.45) is 5.41 Å². The summed E-state index contributed by atoms with van der Waals surface area (Å²) in [6.07, 6.45) is 10.1. The van der Waals surface area contributed by atoms with Gasteiger partial charge in [-0.25, -0.2) is 47.9 Å². The van der Waals surface area contributed by atoms with Crippen LogP contribution in [0.4, 0.5) is 0 Å². The van der Waals surface area contributed by atoms with E-state index in [-0.39, 0.29) is 265 Å². The van der Waals surface area contributed by atoms with Gasteiger partial charge in [-0.3, -0.25) is 0 Å². The fraction of sp³-hybridized carbons (Fsp3) is 0.583. The van der Waals surface area contributed by atoms with Crippen molar-refractivity contribution in [3.8, 4) is 0 Å². The van der Waals surface area contributed by atoms with Gasteiger partial charge in [0.15, 0.2) is 0 Å². The second-order valence-electron chi connectivity index (χ2n) is 18.2. The summed E-state index contributed by atoms with van der Waals surface area (Å²) in [5.41, 5.74) is -4.12. The topological polar surface area (TPSA) is 365 Å². The number of hydrogen-bond donors (Lipinski definition) is 0. The molecule has 0 aliphatic rings. The number of hydrogen-bond acceptors (Lipinski definition) is 31. The van der Waals surface area contributed by atoms with E-state index in [0.717, 1.165) is 60.8 Å². The minimum atomic E-state index is -1.62. The zero-order valence-corrected chi connectivity index (χ0v) is 53.2. The Morgan fingerprint density at radius 1 is 0.184 bits per heavy atom. The van der Waals surface area contributed by atoms with Crippen molar-refractivity contribution >= 4 is 59.7 Å². The number of ether oxygens (including phenoxy) is 21. The Bertz CT molecular complexity index is 1980. The lowest BCUT2D eigenvalue weighted by Gasteiger charge is -2.43. The zero-order chi connectivity index (χ0) is 70.4. The standard InChI is InChI=1S/C38H54O19.C25H36O12.9CH4/c1-7-31(39)51-19-13-45-25-37(26-46-14-20-52-32(40)8-2,27-47-15-21-53-33(41)9-3)57-38(28-48-16-22-54-34(42)10-4,29-49-17-23-55-35(43)11-5)30-50-18-24-56-36(44)12-6;1-5-21(26)34-13-9-30-17-25(18-31-10-14-35-22(27)6-2,19-32-11-15-36-23(28)7-3)20-33-12-16-37-24(29)8-4;;;;;;;;;/h7-12H,1-6,13-30H2;5-8H,1-4,9-20H2;9*1H4. The van der Waals surface area contributed by atoms with Gasteiger partial charge in [-0.15, -0.1) is 0 Å². The molecule has 0 rings (SSSR count). The average molecular weight is 1490 g/mol. The molecular weight excluding hydrogens is 1360 g/mol. The number of carbonyl (C=O) groups is 10. The molecule has 0 fully saturated rings. The smallest absolute Gasteiger partial charge is 0.330 e. The minimum absolute atomic E-state index is 0. The third-order valence-electron chi connectivity index (χ3n) is 10.6. The lowest BCUT2D eigenvalue weighted by Crippen LogP contribution is -2.59. The van der Waals surface area contributed by atoms with Gasteiger partial charge in [0.1, 0.15) is 77.3 Å². The lowest BCUT2D eigenvalue weighted by atomic mass is 9.92. The third-order valence-corrected chi connectivity index (χ3v) is 10.6. The van der Waals surface area contributed by atoms with Gasteiger partial charge < -0.3 is 99.5 Å². The second-order valence-corrected chi connectivity index (χ2v) is 18.2. The Hall–Kier alpha value is -8.34. The molecule has 103 heavy (non-hydrogen) atoms. The fourth-order valence-corrected chi connectivity index (χ4v) is 6.44. The van der Waals surface area contributed by atoms with Gasteiger partial charge >= 0.3 is 59.7 Å². The maximum atomic E-state index is 11.6. The summed E-state index contributed by atoms with van der Waals surface area (Å²) in [6, 6.07) is 0. The zero-order valence-electron chi connectivity index (χ0n) is 53.2. The van der Waals surface area contributed by atoms with E-state index in [2.05, 4.69) is 65.8 Å². The molecule has 0 saturated heterocycles. The number of rotatable bonds is 62. The predicted octanol–water partition coefficient (Wildman–Crippen LogP) is 7.64. The van der Waals surface area contributed by atoms with Crippen LogP contribution in [0.2, 0.25) is 0 Å². The van der Waals surface area contributed by atoms with Crippen molar-refractivity contribution in [1.29, 1.82) is 0 Å². The van der Waals surface area contributed by atoms with Gasteiger partial charge in [0, 0.05) is 60.8 Å². The highest BCUT2D eigenvalue weighted by molar-refractivity contribution is 5.84. The van der Waals surface area contributed by atoms with Gasteiger partial charge in [-0.1, -0.05) is 133 Å². The van der Waals surface area contributed by atoms with E-state index in [4.69, 9.17) is 99.5 Å². The van der Waals surface area contributed by atoms with Crippen LogP contribution in [0.25, 0.3) is 0 Å². The van der Waals surface area contributed by atoms with Crippen LogP contribution in [0.3, 0.4) is 0 Å². The summed E-state index contributed by atoms with van der Waals surface area (Å²) < 4.78 is 115. The summed E-state index contributed by atoms with van der Waals surface area (Å²) in [5.74, 6) is -6.42. The normalized spacial score (nSPS) is 9.86. The van der Waals surface area contributed by atoms with Crippen molar-refractivity contribution in [2.75, 3.05) is 198 Å². The van der Waals surface area contributed by atoms with Gasteiger partial charge in [0.05, 0.1) is 138 Å². The minimum Gasteiger partial charge on any atom is -0.460 e. The van der Waals surface area contributed by atoms with Crippen molar-refractivity contribution in [3.05, 3.63) is 127 Å². The second kappa shape index (κ2) is 79.4. The molecular formula is C72H126O31. The Balaban J connectivity index is -0.000000180. The highest BCUT2D eigenvalue weighted by Gasteiger charge is 2.45. The van der Waals surface area contributed by atoms with Crippen LogP contribution in [0.5, 0.6) is 0 Å².